The Morgan fingerprint density at radius 1 is 0.607 bits per heavy atom. The fourth-order valence-corrected chi connectivity index (χ4v) is 6.06. The summed E-state index contributed by atoms with van der Waals surface area (Å²) < 4.78 is 34.1. The maximum Gasteiger partial charge on any atom is 0.472 e. The molecule has 2 unspecified atom stereocenters. The van der Waals surface area contributed by atoms with E-state index in [1.807, 2.05) is 33.3 Å². The van der Waals surface area contributed by atoms with Gasteiger partial charge in [0.25, 0.3) is 0 Å². The van der Waals surface area contributed by atoms with Crippen molar-refractivity contribution in [2.45, 2.75) is 148 Å². The number of nitrogens with zero attached hydrogens (tertiary/aromatic N) is 1. The van der Waals surface area contributed by atoms with Crippen molar-refractivity contribution in [1.29, 1.82) is 0 Å². The summed E-state index contributed by atoms with van der Waals surface area (Å²) in [4.78, 5) is 35.4. The van der Waals surface area contributed by atoms with Gasteiger partial charge >= 0.3 is 19.8 Å². The molecule has 0 amide bonds. The molecule has 0 fully saturated rings. The smallest absolute Gasteiger partial charge is 0.462 e. The van der Waals surface area contributed by atoms with Crippen LogP contribution >= 0.6 is 7.82 Å². The van der Waals surface area contributed by atoms with Gasteiger partial charge in [-0.2, -0.15) is 0 Å². The van der Waals surface area contributed by atoms with Gasteiger partial charge in [-0.05, 0) is 89.9 Å². The van der Waals surface area contributed by atoms with Gasteiger partial charge in [-0.3, -0.25) is 18.6 Å². The third-order valence-electron chi connectivity index (χ3n) is 8.89. The Kier molecular flexibility index (Phi) is 38.4. The van der Waals surface area contributed by atoms with Gasteiger partial charge in [0.15, 0.2) is 6.10 Å². The number of quaternary nitrogens is 1. The number of hydrogen-bond acceptors (Lipinski definition) is 8. The molecule has 11 heteroatoms. The zero-order valence-corrected chi connectivity index (χ0v) is 39.4. The van der Waals surface area contributed by atoms with E-state index in [0.29, 0.717) is 30.3 Å². The molecule has 0 rings (SSSR count). The van der Waals surface area contributed by atoms with Crippen molar-refractivity contribution in [3.63, 3.8) is 0 Å². The van der Waals surface area contributed by atoms with Gasteiger partial charge in [0.1, 0.15) is 19.8 Å². The molecule has 0 heterocycles. The predicted molar refractivity (Wildman–Crippen MR) is 253 cm³/mol. The molecule has 0 aliphatic carbocycles. The van der Waals surface area contributed by atoms with Crippen molar-refractivity contribution in [2.24, 2.45) is 0 Å². The van der Waals surface area contributed by atoms with Gasteiger partial charge in [0.05, 0.1) is 33.9 Å². The third kappa shape index (κ3) is 44.5. The summed E-state index contributed by atoms with van der Waals surface area (Å²) in [6.45, 7) is 3.98. The number of rotatable bonds is 39. The molecular formula is C50H83NO9P+. The number of esters is 2. The van der Waals surface area contributed by atoms with E-state index in [1.165, 1.54) is 25.7 Å². The minimum absolute atomic E-state index is 0.00442. The molecule has 0 aromatic rings. The van der Waals surface area contributed by atoms with Crippen LogP contribution in [0.15, 0.2) is 109 Å². The Morgan fingerprint density at radius 2 is 1.13 bits per heavy atom. The normalized spacial score (nSPS) is 15.1. The van der Waals surface area contributed by atoms with Crippen molar-refractivity contribution >= 4 is 19.8 Å². The average Bonchev–Trinajstić information content (AvgIpc) is 3.21. The lowest BCUT2D eigenvalue weighted by atomic mass is 10.1. The zero-order chi connectivity index (χ0) is 45.1. The standard InChI is InChI=1S/C50H82NO9P/c1-6-8-10-12-14-16-18-20-21-22-23-24-25-27-29-31-33-35-37-41-49(53)57-45-48(46-59-61(55,56)58-44-43-51(3,4)5)60-50(54)42-38-40-47(52)39-36-34-32-30-28-26-19-17-15-13-11-9-7-2/h9,11,14-17,20-21,23-24,26-29,32,34,36,39,47-48,52H,6-8,10,12-13,18-19,22,25,30-31,33,35,37-38,40-46H2,1-5H3/p+1/b11-9-,16-14-,17-15-,21-20-,24-23-,28-26-,29-27-,34-32-,39-36+/t47?,48-/m1/s1. The van der Waals surface area contributed by atoms with Gasteiger partial charge < -0.3 is 24.0 Å². The van der Waals surface area contributed by atoms with E-state index >= 15 is 0 Å². The van der Waals surface area contributed by atoms with E-state index in [9.17, 15) is 24.2 Å². The fourth-order valence-electron chi connectivity index (χ4n) is 5.32. The minimum Gasteiger partial charge on any atom is -0.462 e. The summed E-state index contributed by atoms with van der Waals surface area (Å²) in [5.74, 6) is -1.05. The highest BCUT2D eigenvalue weighted by molar-refractivity contribution is 7.47. The van der Waals surface area contributed by atoms with Crippen LogP contribution in [-0.2, 0) is 32.7 Å². The second kappa shape index (κ2) is 40.7. The lowest BCUT2D eigenvalue weighted by Gasteiger charge is -2.24. The van der Waals surface area contributed by atoms with Crippen LogP contribution in [0.3, 0.4) is 0 Å². The molecule has 0 aliphatic rings. The van der Waals surface area contributed by atoms with Gasteiger partial charge in [0.2, 0.25) is 0 Å². The first-order chi connectivity index (χ1) is 29.4. The quantitative estimate of drug-likeness (QED) is 0.0155. The molecule has 61 heavy (non-hydrogen) atoms. The van der Waals surface area contributed by atoms with E-state index in [0.717, 1.165) is 64.2 Å². The summed E-state index contributed by atoms with van der Waals surface area (Å²) in [5, 5.41) is 10.3. The first kappa shape index (κ1) is 57.6. The molecule has 0 saturated heterocycles. The lowest BCUT2D eigenvalue weighted by molar-refractivity contribution is -0.870. The number of ether oxygens (including phenoxy) is 2. The summed E-state index contributed by atoms with van der Waals surface area (Å²) in [5.41, 5.74) is 0. The molecule has 0 aromatic carbocycles. The van der Waals surface area contributed by atoms with Gasteiger partial charge in [-0.15, -0.1) is 0 Å². The average molecular weight is 873 g/mol. The Bertz CT molecular complexity index is 1420. The number of phosphoric acid groups is 1. The molecule has 2 N–H and O–H groups in total. The third-order valence-corrected chi connectivity index (χ3v) is 9.88. The van der Waals surface area contributed by atoms with Gasteiger partial charge in [-0.25, -0.2) is 4.57 Å². The number of carbonyl (C=O) groups excluding carboxylic acids is 2. The largest absolute Gasteiger partial charge is 0.472 e. The van der Waals surface area contributed by atoms with Crippen LogP contribution < -0.4 is 0 Å². The van der Waals surface area contributed by atoms with Crippen molar-refractivity contribution < 1.29 is 47.2 Å². The zero-order valence-electron chi connectivity index (χ0n) is 38.5. The minimum atomic E-state index is -4.45. The first-order valence-corrected chi connectivity index (χ1v) is 24.2. The maximum atomic E-state index is 12.7. The highest BCUT2D eigenvalue weighted by atomic mass is 31.2. The summed E-state index contributed by atoms with van der Waals surface area (Å²) >= 11 is 0. The highest BCUT2D eigenvalue weighted by Gasteiger charge is 2.27. The molecule has 0 spiro atoms. The van der Waals surface area contributed by atoms with Crippen LogP contribution in [0.4, 0.5) is 0 Å². The number of likely N-dealkylation sites (N-methyl/N-ethyl adjacent to an activating group) is 1. The molecule has 0 radical (unpaired) electrons. The molecule has 0 saturated carbocycles. The Balaban J connectivity index is 4.62. The Hall–Kier alpha value is -3.37. The highest BCUT2D eigenvalue weighted by Crippen LogP contribution is 2.43. The SMILES string of the molecule is CC/C=C\C/C=C\C/C=C\C/C=C\C=C\C(O)CCCC(=O)O[C@H](COC(=O)CCCCC/C=C\C/C=C\C/C=C\C/C=C\CCCCC)COP(=O)(O)OCC[N+](C)(C)C. The van der Waals surface area contributed by atoms with Crippen LogP contribution in [0.25, 0.3) is 0 Å². The first-order valence-electron chi connectivity index (χ1n) is 22.7. The number of carbonyl (C=O) groups is 2. The molecule has 0 aromatic heterocycles. The molecule has 346 valence electrons. The lowest BCUT2D eigenvalue weighted by Crippen LogP contribution is -2.37. The fraction of sp³-hybridized carbons (Fsp3) is 0.600. The van der Waals surface area contributed by atoms with E-state index < -0.39 is 38.6 Å². The van der Waals surface area contributed by atoms with E-state index in [2.05, 4.69) is 98.9 Å². The number of aliphatic hydroxyl groups is 1. The number of unbranched alkanes of at least 4 members (excludes halogenated alkanes) is 6. The number of allylic oxidation sites excluding steroid dienone is 17. The molecule has 0 bridgehead atoms. The van der Waals surface area contributed by atoms with E-state index in [-0.39, 0.29) is 26.1 Å². The topological polar surface area (TPSA) is 129 Å². The summed E-state index contributed by atoms with van der Waals surface area (Å²) in [7, 11) is 1.32. The molecule has 3 atom stereocenters. The van der Waals surface area contributed by atoms with Gasteiger partial charge in [0, 0.05) is 12.8 Å². The van der Waals surface area contributed by atoms with Crippen LogP contribution in [0.1, 0.15) is 136 Å². The molecular weight excluding hydrogens is 790 g/mol. The summed E-state index contributed by atoms with van der Waals surface area (Å²) in [6.07, 6.45) is 51.7. The van der Waals surface area contributed by atoms with Crippen molar-refractivity contribution in [3.05, 3.63) is 109 Å². The predicted octanol–water partition coefficient (Wildman–Crippen LogP) is 12.1. The monoisotopic (exact) mass is 873 g/mol. The number of hydrogen-bond donors (Lipinski definition) is 2. The van der Waals surface area contributed by atoms with Crippen LogP contribution in [0, 0.1) is 0 Å². The number of phosphoric ester groups is 1. The van der Waals surface area contributed by atoms with Crippen LogP contribution in [0.2, 0.25) is 0 Å². The molecule has 0 aliphatic heterocycles. The van der Waals surface area contributed by atoms with E-state index in [4.69, 9.17) is 18.5 Å². The van der Waals surface area contributed by atoms with Crippen LogP contribution in [0.5, 0.6) is 0 Å². The number of aliphatic hydroxyl groups excluding tert-OH is 1. The van der Waals surface area contributed by atoms with Crippen molar-refractivity contribution in [1.82, 2.24) is 0 Å². The second-order valence-corrected chi connectivity index (χ2v) is 17.3. The van der Waals surface area contributed by atoms with Gasteiger partial charge in [-0.1, -0.05) is 142 Å². The Labute approximate surface area is 370 Å². The van der Waals surface area contributed by atoms with Crippen molar-refractivity contribution in [3.8, 4) is 0 Å². The van der Waals surface area contributed by atoms with E-state index in [1.54, 1.807) is 12.2 Å². The second-order valence-electron chi connectivity index (χ2n) is 15.9. The summed E-state index contributed by atoms with van der Waals surface area (Å²) in [6, 6.07) is 0. The van der Waals surface area contributed by atoms with Crippen molar-refractivity contribution in [2.75, 3.05) is 47.5 Å². The molecule has 10 nitrogen and oxygen atoms in total. The maximum absolute atomic E-state index is 12.7. The Morgan fingerprint density at radius 3 is 1.69 bits per heavy atom. The van der Waals surface area contributed by atoms with Crippen LogP contribution in [-0.4, -0.2) is 86.1 Å².